The zero-order valence-electron chi connectivity index (χ0n) is 12.9. The van der Waals surface area contributed by atoms with Gasteiger partial charge in [0.25, 0.3) is 0 Å². The normalized spacial score (nSPS) is 24.0. The number of rotatable bonds is 5. The Morgan fingerprint density at radius 2 is 2.00 bits per heavy atom. The molecular weight excluding hydrogens is 288 g/mol. The Balaban J connectivity index is 2.01. The van der Waals surface area contributed by atoms with Crippen LogP contribution < -0.4 is 5.32 Å². The highest BCUT2D eigenvalue weighted by atomic mass is 16.5. The Morgan fingerprint density at radius 1 is 1.32 bits per heavy atom. The number of carboxylic acids is 1. The summed E-state index contributed by atoms with van der Waals surface area (Å²) < 4.78 is 5.39. The van der Waals surface area contributed by atoms with Crippen LogP contribution in [0.2, 0.25) is 0 Å². The molecule has 22 heavy (non-hydrogen) atoms. The lowest BCUT2D eigenvalue weighted by Crippen LogP contribution is -2.55. The molecule has 0 aromatic heterocycles. The predicted octanol–water partition coefficient (Wildman–Crippen LogP) is 0.383. The summed E-state index contributed by atoms with van der Waals surface area (Å²) in [4.78, 5) is 36.6. The third kappa shape index (κ3) is 4.43. The van der Waals surface area contributed by atoms with Crippen molar-refractivity contribution in [2.75, 3.05) is 19.7 Å². The molecule has 7 nitrogen and oxygen atoms in total. The van der Waals surface area contributed by atoms with E-state index in [1.54, 1.807) is 4.90 Å². The molecule has 0 bridgehead atoms. The summed E-state index contributed by atoms with van der Waals surface area (Å²) >= 11 is 0. The van der Waals surface area contributed by atoms with Crippen molar-refractivity contribution in [2.24, 2.45) is 5.92 Å². The van der Waals surface area contributed by atoms with Gasteiger partial charge in [-0.25, -0.2) is 0 Å². The maximum Gasteiger partial charge on any atom is 0.306 e. The van der Waals surface area contributed by atoms with Gasteiger partial charge in [0.2, 0.25) is 11.8 Å². The van der Waals surface area contributed by atoms with Crippen LogP contribution in [0, 0.1) is 5.92 Å². The van der Waals surface area contributed by atoms with Gasteiger partial charge in [0, 0.05) is 20.0 Å². The number of hydrogen-bond donors (Lipinski definition) is 2. The molecule has 124 valence electrons. The van der Waals surface area contributed by atoms with Crippen molar-refractivity contribution in [3.8, 4) is 0 Å². The first-order chi connectivity index (χ1) is 10.5. The summed E-state index contributed by atoms with van der Waals surface area (Å²) in [5.74, 6) is -1.08. The van der Waals surface area contributed by atoms with E-state index in [0.29, 0.717) is 13.2 Å². The number of carboxylic acid groups (broad SMARTS) is 1. The second kappa shape index (κ2) is 7.58. The van der Waals surface area contributed by atoms with E-state index in [1.807, 2.05) is 0 Å². The predicted molar refractivity (Wildman–Crippen MR) is 78.1 cm³/mol. The number of morpholine rings is 1. The molecule has 1 saturated heterocycles. The maximum absolute atomic E-state index is 12.8. The van der Waals surface area contributed by atoms with Crippen molar-refractivity contribution in [2.45, 2.75) is 51.2 Å². The van der Waals surface area contributed by atoms with E-state index in [4.69, 9.17) is 9.84 Å². The minimum atomic E-state index is -0.937. The Kier molecular flexibility index (Phi) is 5.76. The van der Waals surface area contributed by atoms with Crippen LogP contribution in [-0.4, -0.2) is 59.6 Å². The second-order valence-corrected chi connectivity index (χ2v) is 6.10. The van der Waals surface area contributed by atoms with Crippen molar-refractivity contribution < 1.29 is 24.2 Å². The molecule has 0 unspecified atom stereocenters. The highest BCUT2D eigenvalue weighted by molar-refractivity contribution is 5.87. The van der Waals surface area contributed by atoms with Crippen LogP contribution in [-0.2, 0) is 19.1 Å². The quantitative estimate of drug-likeness (QED) is 0.765. The topological polar surface area (TPSA) is 95.9 Å². The first-order valence-corrected chi connectivity index (χ1v) is 7.86. The minimum Gasteiger partial charge on any atom is -0.481 e. The number of nitrogens with zero attached hydrogens (tertiary/aromatic N) is 1. The smallest absolute Gasteiger partial charge is 0.306 e. The Bertz CT molecular complexity index is 434. The summed E-state index contributed by atoms with van der Waals surface area (Å²) in [6, 6.07) is -0.497. The lowest BCUT2D eigenvalue weighted by Gasteiger charge is -2.36. The molecule has 1 aliphatic heterocycles. The number of nitrogens with one attached hydrogen (secondary N) is 1. The summed E-state index contributed by atoms with van der Waals surface area (Å²) in [6.07, 6.45) is 3.46. The summed E-state index contributed by atoms with van der Waals surface area (Å²) in [7, 11) is 0. The van der Waals surface area contributed by atoms with Crippen LogP contribution in [0.5, 0.6) is 0 Å². The molecule has 2 aliphatic rings. The van der Waals surface area contributed by atoms with Gasteiger partial charge in [-0.15, -0.1) is 0 Å². The molecule has 0 aromatic rings. The lowest BCUT2D eigenvalue weighted by atomic mass is 9.96. The monoisotopic (exact) mass is 312 g/mol. The molecule has 2 atom stereocenters. The molecule has 0 aromatic carbocycles. The summed E-state index contributed by atoms with van der Waals surface area (Å²) in [5, 5.41) is 11.6. The first kappa shape index (κ1) is 16.7. The molecule has 2 N–H and O–H groups in total. The first-order valence-electron chi connectivity index (χ1n) is 7.86. The fourth-order valence-electron chi connectivity index (χ4n) is 3.33. The van der Waals surface area contributed by atoms with E-state index in [9.17, 15) is 14.4 Å². The molecule has 2 fully saturated rings. The number of carbonyl (C=O) groups is 3. The highest BCUT2D eigenvalue weighted by Gasteiger charge is 2.36. The fourth-order valence-corrected chi connectivity index (χ4v) is 3.33. The molecule has 1 aliphatic carbocycles. The molecule has 0 spiro atoms. The van der Waals surface area contributed by atoms with Gasteiger partial charge in [0.15, 0.2) is 0 Å². The van der Waals surface area contributed by atoms with Gasteiger partial charge in [-0.05, 0) is 18.8 Å². The molecular formula is C15H24N2O5. The molecule has 1 saturated carbocycles. The Labute approximate surface area is 130 Å². The van der Waals surface area contributed by atoms with Gasteiger partial charge in [-0.2, -0.15) is 0 Å². The van der Waals surface area contributed by atoms with Gasteiger partial charge >= 0.3 is 5.97 Å². The van der Waals surface area contributed by atoms with Gasteiger partial charge in [-0.3, -0.25) is 14.4 Å². The fraction of sp³-hybridized carbons (Fsp3) is 0.800. The lowest BCUT2D eigenvalue weighted by molar-refractivity contribution is -0.150. The number of hydrogen-bond acceptors (Lipinski definition) is 4. The number of amides is 2. The third-order valence-corrected chi connectivity index (χ3v) is 4.35. The largest absolute Gasteiger partial charge is 0.481 e. The van der Waals surface area contributed by atoms with E-state index in [2.05, 4.69) is 5.32 Å². The van der Waals surface area contributed by atoms with Crippen molar-refractivity contribution >= 4 is 17.8 Å². The zero-order valence-corrected chi connectivity index (χ0v) is 12.9. The number of aliphatic carboxylic acids is 1. The molecule has 2 rings (SSSR count). The van der Waals surface area contributed by atoms with E-state index >= 15 is 0 Å². The van der Waals surface area contributed by atoms with Gasteiger partial charge in [0.1, 0.15) is 6.04 Å². The van der Waals surface area contributed by atoms with Crippen molar-refractivity contribution in [3.63, 3.8) is 0 Å². The molecule has 2 amide bonds. The second-order valence-electron chi connectivity index (χ2n) is 6.10. The van der Waals surface area contributed by atoms with Crippen molar-refractivity contribution in [1.82, 2.24) is 10.2 Å². The Morgan fingerprint density at radius 3 is 2.59 bits per heavy atom. The van der Waals surface area contributed by atoms with Gasteiger partial charge in [-0.1, -0.05) is 12.8 Å². The van der Waals surface area contributed by atoms with Crippen molar-refractivity contribution in [3.05, 3.63) is 0 Å². The average molecular weight is 312 g/mol. The molecule has 7 heteroatoms. The third-order valence-electron chi connectivity index (χ3n) is 4.35. The maximum atomic E-state index is 12.8. The number of carbonyl (C=O) groups excluding carboxylic acids is 2. The number of ether oxygens (including phenoxy) is 1. The van der Waals surface area contributed by atoms with Crippen LogP contribution in [0.15, 0.2) is 0 Å². The van der Waals surface area contributed by atoms with Crippen LogP contribution in [0.4, 0.5) is 0 Å². The van der Waals surface area contributed by atoms with Crippen LogP contribution in [0.3, 0.4) is 0 Å². The van der Waals surface area contributed by atoms with Gasteiger partial charge in [0.05, 0.1) is 19.1 Å². The van der Waals surface area contributed by atoms with E-state index in [1.165, 1.54) is 6.92 Å². The minimum absolute atomic E-state index is 0.110. The average Bonchev–Trinajstić information content (AvgIpc) is 2.97. The van der Waals surface area contributed by atoms with Crippen LogP contribution >= 0.6 is 0 Å². The van der Waals surface area contributed by atoms with E-state index < -0.39 is 18.1 Å². The summed E-state index contributed by atoms with van der Waals surface area (Å²) in [6.45, 7) is 2.47. The Hall–Kier alpha value is -1.63. The molecule has 0 radical (unpaired) electrons. The molecule has 1 heterocycles. The standard InChI is InChI=1S/C15H24N2O5/c1-10(18)16-14(11-4-2-3-5-11)15(21)17-6-7-22-12(9-17)8-13(19)20/h11-12,14H,2-9H2,1H3,(H,16,18)(H,19,20)/t12-,14+/m1/s1. The van der Waals surface area contributed by atoms with E-state index in [0.717, 1.165) is 25.7 Å². The highest BCUT2D eigenvalue weighted by Crippen LogP contribution is 2.29. The van der Waals surface area contributed by atoms with Crippen LogP contribution in [0.25, 0.3) is 0 Å². The van der Waals surface area contributed by atoms with Crippen molar-refractivity contribution in [1.29, 1.82) is 0 Å². The SMILES string of the molecule is CC(=O)N[C@H](C(=O)N1CCO[C@H](CC(=O)O)C1)C1CCCC1. The zero-order chi connectivity index (χ0) is 16.1. The van der Waals surface area contributed by atoms with E-state index in [-0.39, 0.29) is 30.7 Å². The van der Waals surface area contributed by atoms with Crippen LogP contribution in [0.1, 0.15) is 39.0 Å². The summed E-state index contributed by atoms with van der Waals surface area (Å²) in [5.41, 5.74) is 0. The van der Waals surface area contributed by atoms with Gasteiger partial charge < -0.3 is 20.1 Å².